The van der Waals surface area contributed by atoms with Gasteiger partial charge in [-0.05, 0) is 37.1 Å². The van der Waals surface area contributed by atoms with Gasteiger partial charge in [-0.1, -0.05) is 0 Å². The summed E-state index contributed by atoms with van der Waals surface area (Å²) in [5, 5.41) is 4.29. The van der Waals surface area contributed by atoms with Crippen molar-refractivity contribution in [1.82, 2.24) is 4.31 Å². The number of nitrogens with zero attached hydrogens (tertiary/aromatic N) is 2. The number of rotatable bonds is 4. The third-order valence-electron chi connectivity index (χ3n) is 5.01. The Bertz CT molecular complexity index is 890. The van der Waals surface area contributed by atoms with Crippen molar-refractivity contribution in [2.75, 3.05) is 40.5 Å². The van der Waals surface area contributed by atoms with Crippen LogP contribution in [0.4, 0.5) is 0 Å². The van der Waals surface area contributed by atoms with Gasteiger partial charge in [0.25, 0.3) is 0 Å². The number of piperidine rings is 1. The molecule has 172 valence electrons. The number of benzene rings is 2. The molecule has 0 aromatic heterocycles. The van der Waals surface area contributed by atoms with E-state index < -0.39 is 15.7 Å². The van der Waals surface area contributed by atoms with Crippen molar-refractivity contribution in [3.63, 3.8) is 0 Å². The van der Waals surface area contributed by atoms with E-state index in [1.807, 2.05) is 24.3 Å². The monoisotopic (exact) mass is 626 g/mol. The van der Waals surface area contributed by atoms with Gasteiger partial charge in [0.2, 0.25) is 10.0 Å². The normalized spacial score (nSPS) is 17.6. The summed E-state index contributed by atoms with van der Waals surface area (Å²) in [5.74, 6) is 1.52. The van der Waals surface area contributed by atoms with Crippen molar-refractivity contribution in [2.24, 2.45) is 0 Å². The molecule has 2 aliphatic heterocycles. The third-order valence-corrected chi connectivity index (χ3v) is 6.98. The summed E-state index contributed by atoms with van der Waals surface area (Å²) in [6.45, 7) is 2.13. The third kappa shape index (κ3) is 6.40. The molecule has 10 heteroatoms. The summed E-state index contributed by atoms with van der Waals surface area (Å²) in [5.41, 5.74) is -0.708. The average Bonchev–Trinajstić information content (AvgIpc) is 3.25. The van der Waals surface area contributed by atoms with Crippen molar-refractivity contribution in [2.45, 2.75) is 23.5 Å². The Labute approximate surface area is 194 Å². The van der Waals surface area contributed by atoms with E-state index in [0.29, 0.717) is 63.4 Å². The molecule has 8 nitrogen and oxygen atoms in total. The second-order valence-electron chi connectivity index (χ2n) is 6.66. The van der Waals surface area contributed by atoms with Gasteiger partial charge in [0.15, 0.2) is 0 Å². The minimum absolute atomic E-state index is 0.274. The van der Waals surface area contributed by atoms with Gasteiger partial charge in [-0.2, -0.15) is 22.5 Å². The second-order valence-corrected chi connectivity index (χ2v) is 8.52. The fourth-order valence-electron chi connectivity index (χ4n) is 3.45. The Hall–Kier alpha value is -1.69. The number of hydrogen-bond donors (Lipinski definition) is 0. The number of ether oxygens (including phenoxy) is 3. The number of methoxy groups -OCH3 is 2. The Balaban J connectivity index is 0.000000286. The molecular weight excluding hydrogens is 599 g/mol. The summed E-state index contributed by atoms with van der Waals surface area (Å²) >= 11 is 0.611. The van der Waals surface area contributed by atoms with Gasteiger partial charge in [-0.3, -0.25) is 0 Å². The molecule has 0 saturated carbocycles. The standard InChI is InChI=1S/C14H19N2O4S.C7H7O.O.Os/c1-19-12-2-4-13(5-3-12)21(17,18)16-10-11-20-14(16)6-8-15-9-7-14;1-8-7-5-3-2-4-6-7;;/h2-5H,6-11H2,1H3;3-6H,1H3;;/q2*-1;;. The summed E-state index contributed by atoms with van der Waals surface area (Å²) in [6, 6.07) is 16.7. The van der Waals surface area contributed by atoms with E-state index in [1.165, 1.54) is 4.31 Å². The molecule has 0 radical (unpaired) electrons. The molecule has 0 N–H and O–H groups in total. The fourth-order valence-corrected chi connectivity index (χ4v) is 5.18. The Morgan fingerprint density at radius 2 is 1.55 bits per heavy atom. The molecule has 2 fully saturated rings. The van der Waals surface area contributed by atoms with Crippen molar-refractivity contribution in [3.05, 3.63) is 59.9 Å². The maximum absolute atomic E-state index is 12.9. The van der Waals surface area contributed by atoms with Crippen LogP contribution in [0.2, 0.25) is 0 Å². The van der Waals surface area contributed by atoms with Crippen LogP contribution in [0.5, 0.6) is 11.5 Å². The summed E-state index contributed by atoms with van der Waals surface area (Å²) in [7, 11) is -0.359. The molecule has 0 unspecified atom stereocenters. The molecule has 2 aliphatic rings. The maximum atomic E-state index is 12.9. The van der Waals surface area contributed by atoms with Gasteiger partial charge in [0, 0.05) is 12.3 Å². The predicted octanol–water partition coefficient (Wildman–Crippen LogP) is 2.95. The van der Waals surface area contributed by atoms with E-state index in [9.17, 15) is 8.42 Å². The molecule has 0 aliphatic carbocycles. The van der Waals surface area contributed by atoms with Gasteiger partial charge in [-0.15, -0.1) is 25.2 Å². The first-order chi connectivity index (χ1) is 15.0. The van der Waals surface area contributed by atoms with Gasteiger partial charge in [0.1, 0.15) is 11.5 Å². The van der Waals surface area contributed by atoms with Crippen LogP contribution in [0.15, 0.2) is 53.4 Å². The molecule has 2 heterocycles. The van der Waals surface area contributed by atoms with Crippen molar-refractivity contribution >= 4 is 10.0 Å². The average molecular weight is 625 g/mol. The first kappa shape index (κ1) is 25.6. The topological polar surface area (TPSA) is 96.2 Å². The van der Waals surface area contributed by atoms with Crippen LogP contribution >= 0.6 is 0 Å². The van der Waals surface area contributed by atoms with Crippen molar-refractivity contribution in [1.29, 1.82) is 0 Å². The zero-order valence-corrected chi connectivity index (χ0v) is 20.8. The molecule has 1 spiro atoms. The van der Waals surface area contributed by atoms with Gasteiger partial charge < -0.3 is 19.5 Å². The summed E-state index contributed by atoms with van der Waals surface area (Å²) in [6.07, 6.45) is 1.25. The molecule has 31 heavy (non-hydrogen) atoms. The van der Waals surface area contributed by atoms with Crippen LogP contribution in [-0.2, 0) is 36.9 Å². The summed E-state index contributed by atoms with van der Waals surface area (Å²) in [4.78, 5) is 0.274. The molecule has 2 saturated heterocycles. The van der Waals surface area contributed by atoms with Crippen molar-refractivity contribution < 1.29 is 44.7 Å². The van der Waals surface area contributed by atoms with Crippen molar-refractivity contribution in [3.8, 4) is 11.5 Å². The first-order valence-corrected chi connectivity index (χ1v) is 12.1. The van der Waals surface area contributed by atoms with E-state index >= 15 is 0 Å². The van der Waals surface area contributed by atoms with Gasteiger partial charge >= 0.3 is 22.1 Å². The Morgan fingerprint density at radius 1 is 1.00 bits per heavy atom. The summed E-state index contributed by atoms with van der Waals surface area (Å²) < 4.78 is 51.3. The van der Waals surface area contributed by atoms with Crippen LogP contribution < -0.4 is 9.47 Å². The van der Waals surface area contributed by atoms with E-state index in [1.54, 1.807) is 38.5 Å². The van der Waals surface area contributed by atoms with Crippen LogP contribution in [0.3, 0.4) is 0 Å². The Morgan fingerprint density at radius 3 is 2.06 bits per heavy atom. The van der Waals surface area contributed by atoms with Gasteiger partial charge in [-0.25, -0.2) is 8.42 Å². The van der Waals surface area contributed by atoms with Crippen LogP contribution in [0.25, 0.3) is 5.32 Å². The van der Waals surface area contributed by atoms with E-state index in [2.05, 4.69) is 11.4 Å². The molecule has 0 amide bonds. The zero-order valence-electron chi connectivity index (χ0n) is 17.5. The predicted molar refractivity (Wildman–Crippen MR) is 110 cm³/mol. The second kappa shape index (κ2) is 12.4. The minimum atomic E-state index is -3.56. The van der Waals surface area contributed by atoms with Crippen LogP contribution in [0, 0.1) is 6.07 Å². The zero-order chi connectivity index (χ0) is 22.7. The number of hydrogen-bond acceptors (Lipinski definition) is 6. The van der Waals surface area contributed by atoms with Gasteiger partial charge in [0.05, 0.1) is 25.7 Å². The molecule has 2 aromatic carbocycles. The molecule has 0 atom stereocenters. The molecule has 2 aromatic rings. The fraction of sp³-hybridized carbons (Fsp3) is 0.429. The number of sulfonamides is 1. The Kier molecular flexibility index (Phi) is 10.2. The molecule has 0 bridgehead atoms. The molecular formula is C21H26N2O6OsS-2. The van der Waals surface area contributed by atoms with E-state index in [-0.39, 0.29) is 4.90 Å². The van der Waals surface area contributed by atoms with E-state index in [4.69, 9.17) is 17.7 Å². The van der Waals surface area contributed by atoms with E-state index in [0.717, 1.165) is 5.75 Å². The first-order valence-electron chi connectivity index (χ1n) is 9.60. The molecule has 4 rings (SSSR count). The quantitative estimate of drug-likeness (QED) is 0.486. The van der Waals surface area contributed by atoms with Crippen LogP contribution in [0.1, 0.15) is 12.8 Å². The van der Waals surface area contributed by atoms with Crippen LogP contribution in [-0.4, -0.2) is 58.9 Å². The SMILES string of the molecule is COc1cc[c-]cc1.COc1ccc(S(=O)(=O)N2CCOC23CC[N-]CC3)cc1.[O]=[Os].